The number of nitrogens with two attached hydrogens (primary N) is 1. The lowest BCUT2D eigenvalue weighted by atomic mass is 10.2. The first-order valence-corrected chi connectivity index (χ1v) is 5.00. The second-order valence-corrected chi connectivity index (χ2v) is 3.80. The van der Waals surface area contributed by atoms with Crippen LogP contribution in [-0.4, -0.2) is 59.6 Å². The Morgan fingerprint density at radius 2 is 2.27 bits per heavy atom. The predicted octanol–water partition coefficient (Wildman–Crippen LogP) is -0.454. The lowest BCUT2D eigenvalue weighted by molar-refractivity contribution is -0.122. The first-order chi connectivity index (χ1) is 7.02. The normalized spacial score (nSPS) is 21.5. The maximum absolute atomic E-state index is 11.0. The smallest absolute Gasteiger partial charge is 0.407 e. The van der Waals surface area contributed by atoms with E-state index < -0.39 is 6.09 Å². The molecule has 1 aliphatic rings. The molecule has 0 bridgehead atoms. The van der Waals surface area contributed by atoms with Crippen molar-refractivity contribution in [2.75, 3.05) is 26.7 Å². The van der Waals surface area contributed by atoms with Gasteiger partial charge in [0.2, 0.25) is 5.91 Å². The maximum Gasteiger partial charge on any atom is 0.407 e. The summed E-state index contributed by atoms with van der Waals surface area (Å²) in [6.07, 6.45) is 0.779. The van der Waals surface area contributed by atoms with Gasteiger partial charge in [0.15, 0.2) is 0 Å². The third-order valence-corrected chi connectivity index (χ3v) is 2.74. The van der Waals surface area contributed by atoms with Crippen LogP contribution in [0.2, 0.25) is 0 Å². The summed E-state index contributed by atoms with van der Waals surface area (Å²) in [7, 11) is 1.51. The van der Waals surface area contributed by atoms with E-state index in [0.717, 1.165) is 19.4 Å². The zero-order valence-electron chi connectivity index (χ0n) is 8.85. The van der Waals surface area contributed by atoms with Gasteiger partial charge in [-0.25, -0.2) is 4.79 Å². The summed E-state index contributed by atoms with van der Waals surface area (Å²) >= 11 is 0. The fraction of sp³-hybridized carbons (Fsp3) is 0.778. The van der Waals surface area contributed by atoms with Crippen LogP contribution in [0.3, 0.4) is 0 Å². The van der Waals surface area contributed by atoms with Crippen LogP contribution in [0.5, 0.6) is 0 Å². The largest absolute Gasteiger partial charge is 0.465 e. The van der Waals surface area contributed by atoms with Crippen molar-refractivity contribution in [2.24, 2.45) is 5.73 Å². The summed E-state index contributed by atoms with van der Waals surface area (Å²) in [6.45, 7) is 1.79. The molecule has 1 saturated heterocycles. The molecule has 1 heterocycles. The number of likely N-dealkylation sites (tertiary alicyclic amines) is 1. The van der Waals surface area contributed by atoms with Gasteiger partial charge in [-0.05, 0) is 19.4 Å². The molecule has 2 amide bonds. The lowest BCUT2D eigenvalue weighted by Crippen LogP contribution is -2.44. The molecule has 1 rings (SSSR count). The van der Waals surface area contributed by atoms with Crippen molar-refractivity contribution < 1.29 is 14.7 Å². The van der Waals surface area contributed by atoms with E-state index >= 15 is 0 Å². The average molecular weight is 215 g/mol. The fourth-order valence-corrected chi connectivity index (χ4v) is 1.79. The minimum absolute atomic E-state index is 0.216. The van der Waals surface area contributed by atoms with Crippen LogP contribution in [0.1, 0.15) is 12.8 Å². The monoisotopic (exact) mass is 215 g/mol. The van der Waals surface area contributed by atoms with Crippen molar-refractivity contribution in [1.29, 1.82) is 0 Å². The molecule has 15 heavy (non-hydrogen) atoms. The van der Waals surface area contributed by atoms with E-state index in [1.165, 1.54) is 11.9 Å². The highest BCUT2D eigenvalue weighted by atomic mass is 16.4. The molecule has 6 heteroatoms. The van der Waals surface area contributed by atoms with Gasteiger partial charge in [-0.15, -0.1) is 0 Å². The summed E-state index contributed by atoms with van der Waals surface area (Å²) in [6, 6.07) is -0.216. The number of carbonyl (C=O) groups is 2. The number of hydrogen-bond donors (Lipinski definition) is 2. The molecule has 0 spiro atoms. The van der Waals surface area contributed by atoms with E-state index in [2.05, 4.69) is 0 Å². The number of nitrogens with zero attached hydrogens (tertiary/aromatic N) is 2. The number of primary amides is 1. The topological polar surface area (TPSA) is 86.9 Å². The second kappa shape index (κ2) is 4.97. The molecule has 1 unspecified atom stereocenters. The Kier molecular flexibility index (Phi) is 3.90. The Labute approximate surface area is 88.6 Å². The molecule has 86 valence electrons. The highest BCUT2D eigenvalue weighted by molar-refractivity contribution is 5.80. The standard InChI is InChI=1S/C9H17N3O3/c1-11(9(14)15)5-6-12-4-2-3-7(12)8(10)13/h7H,2-6H2,1H3,(H2,10,13)(H,14,15). The maximum atomic E-state index is 11.0. The molecular formula is C9H17N3O3. The molecule has 0 aromatic heterocycles. The van der Waals surface area contributed by atoms with Crippen molar-refractivity contribution >= 4 is 12.0 Å². The van der Waals surface area contributed by atoms with Gasteiger partial charge >= 0.3 is 6.09 Å². The van der Waals surface area contributed by atoms with E-state index in [1.807, 2.05) is 4.90 Å². The van der Waals surface area contributed by atoms with Gasteiger partial charge in [0.1, 0.15) is 0 Å². The predicted molar refractivity (Wildman–Crippen MR) is 54.4 cm³/mol. The van der Waals surface area contributed by atoms with E-state index in [-0.39, 0.29) is 11.9 Å². The van der Waals surface area contributed by atoms with Crippen LogP contribution in [0.25, 0.3) is 0 Å². The molecule has 1 fully saturated rings. The molecule has 3 N–H and O–H groups in total. The highest BCUT2D eigenvalue weighted by Crippen LogP contribution is 2.15. The molecule has 0 saturated carbocycles. The van der Waals surface area contributed by atoms with Gasteiger partial charge in [0.05, 0.1) is 6.04 Å². The van der Waals surface area contributed by atoms with Crippen molar-refractivity contribution in [2.45, 2.75) is 18.9 Å². The molecule has 0 aromatic rings. The van der Waals surface area contributed by atoms with Crippen molar-refractivity contribution in [3.05, 3.63) is 0 Å². The van der Waals surface area contributed by atoms with Crippen molar-refractivity contribution in [3.8, 4) is 0 Å². The van der Waals surface area contributed by atoms with Gasteiger partial charge in [-0.3, -0.25) is 9.69 Å². The van der Waals surface area contributed by atoms with E-state index in [4.69, 9.17) is 10.8 Å². The first kappa shape index (κ1) is 11.8. The third kappa shape index (κ3) is 3.09. The van der Waals surface area contributed by atoms with E-state index in [9.17, 15) is 9.59 Å². The number of hydrogen-bond acceptors (Lipinski definition) is 3. The third-order valence-electron chi connectivity index (χ3n) is 2.74. The minimum Gasteiger partial charge on any atom is -0.465 e. The van der Waals surface area contributed by atoms with Gasteiger partial charge in [0.25, 0.3) is 0 Å². The molecule has 1 aliphatic heterocycles. The van der Waals surface area contributed by atoms with Gasteiger partial charge in [-0.1, -0.05) is 0 Å². The first-order valence-electron chi connectivity index (χ1n) is 5.00. The zero-order chi connectivity index (χ0) is 11.4. The second-order valence-electron chi connectivity index (χ2n) is 3.80. The van der Waals surface area contributed by atoms with Crippen LogP contribution in [0, 0.1) is 0 Å². The quantitative estimate of drug-likeness (QED) is 0.664. The van der Waals surface area contributed by atoms with Crippen molar-refractivity contribution in [1.82, 2.24) is 9.80 Å². The van der Waals surface area contributed by atoms with Crippen LogP contribution < -0.4 is 5.73 Å². The highest BCUT2D eigenvalue weighted by Gasteiger charge is 2.28. The van der Waals surface area contributed by atoms with Crippen molar-refractivity contribution in [3.63, 3.8) is 0 Å². The van der Waals surface area contributed by atoms with Gasteiger partial charge < -0.3 is 15.7 Å². The number of carbonyl (C=O) groups excluding carboxylic acids is 1. The lowest BCUT2D eigenvalue weighted by Gasteiger charge is -2.23. The number of rotatable bonds is 4. The van der Waals surface area contributed by atoms with Crippen LogP contribution in [-0.2, 0) is 4.79 Å². The number of likely N-dealkylation sites (N-methyl/N-ethyl adjacent to an activating group) is 1. The average Bonchev–Trinajstić information content (AvgIpc) is 2.61. The zero-order valence-corrected chi connectivity index (χ0v) is 8.85. The Balaban J connectivity index is 2.38. The Bertz CT molecular complexity index is 257. The van der Waals surface area contributed by atoms with E-state index in [0.29, 0.717) is 13.1 Å². The summed E-state index contributed by atoms with van der Waals surface area (Å²) in [5.41, 5.74) is 5.24. The molecule has 0 aromatic carbocycles. The summed E-state index contributed by atoms with van der Waals surface area (Å²) in [4.78, 5) is 24.7. The number of carboxylic acid groups (broad SMARTS) is 1. The SMILES string of the molecule is CN(CCN1CCCC1C(N)=O)C(=O)O. The molecule has 6 nitrogen and oxygen atoms in total. The molecule has 1 atom stereocenters. The van der Waals surface area contributed by atoms with E-state index in [1.54, 1.807) is 0 Å². The molecule has 0 aliphatic carbocycles. The Hall–Kier alpha value is -1.30. The summed E-state index contributed by atoms with van der Waals surface area (Å²) in [5.74, 6) is -0.314. The Morgan fingerprint density at radius 3 is 2.80 bits per heavy atom. The fourth-order valence-electron chi connectivity index (χ4n) is 1.79. The molecular weight excluding hydrogens is 198 g/mol. The van der Waals surface area contributed by atoms with Crippen LogP contribution in [0.4, 0.5) is 4.79 Å². The summed E-state index contributed by atoms with van der Waals surface area (Å²) < 4.78 is 0. The summed E-state index contributed by atoms with van der Waals surface area (Å²) in [5, 5.41) is 8.65. The minimum atomic E-state index is -0.954. The van der Waals surface area contributed by atoms with Gasteiger partial charge in [0, 0.05) is 20.1 Å². The Morgan fingerprint density at radius 1 is 1.60 bits per heavy atom. The number of amides is 2. The van der Waals surface area contributed by atoms with Crippen LogP contribution >= 0.6 is 0 Å². The van der Waals surface area contributed by atoms with Gasteiger partial charge in [-0.2, -0.15) is 0 Å². The molecule has 0 radical (unpaired) electrons. The van der Waals surface area contributed by atoms with Crippen LogP contribution in [0.15, 0.2) is 0 Å².